The number of nitrogens with one attached hydrogen (secondary N) is 1. The average Bonchev–Trinajstić information content (AvgIpc) is 2.53. The van der Waals surface area contributed by atoms with E-state index < -0.39 is 0 Å². The second-order valence-corrected chi connectivity index (χ2v) is 6.11. The molecule has 1 saturated carbocycles. The number of halogens is 2. The van der Waals surface area contributed by atoms with Crippen LogP contribution >= 0.6 is 11.6 Å². The van der Waals surface area contributed by atoms with Crippen molar-refractivity contribution >= 4 is 17.3 Å². The van der Waals surface area contributed by atoms with E-state index in [1.807, 2.05) is 0 Å². The highest BCUT2D eigenvalue weighted by atomic mass is 35.5. The molecule has 2 aromatic rings. The van der Waals surface area contributed by atoms with Gasteiger partial charge in [0, 0.05) is 6.04 Å². The van der Waals surface area contributed by atoms with Crippen LogP contribution in [0.4, 0.5) is 10.1 Å². The van der Waals surface area contributed by atoms with Crippen molar-refractivity contribution in [1.29, 1.82) is 0 Å². The minimum atomic E-state index is -0.271. The molecule has 0 saturated heterocycles. The molecule has 1 nitrogen and oxygen atoms in total. The Morgan fingerprint density at radius 2 is 1.62 bits per heavy atom. The van der Waals surface area contributed by atoms with Crippen molar-refractivity contribution in [3.63, 3.8) is 0 Å². The Labute approximate surface area is 130 Å². The lowest BCUT2D eigenvalue weighted by atomic mass is 9.82. The van der Waals surface area contributed by atoms with Crippen LogP contribution in [0, 0.1) is 5.82 Å². The molecule has 0 heterocycles. The van der Waals surface area contributed by atoms with Gasteiger partial charge in [-0.1, -0.05) is 48.0 Å². The molecule has 0 aromatic heterocycles. The molecule has 1 fully saturated rings. The van der Waals surface area contributed by atoms with Crippen molar-refractivity contribution in [2.75, 3.05) is 5.32 Å². The van der Waals surface area contributed by atoms with Gasteiger partial charge in [-0.2, -0.15) is 0 Å². The largest absolute Gasteiger partial charge is 0.379 e. The molecular formula is C18H19ClFN. The Morgan fingerprint density at radius 3 is 2.29 bits per heavy atom. The summed E-state index contributed by atoms with van der Waals surface area (Å²) in [4.78, 5) is 0. The molecule has 3 rings (SSSR count). The van der Waals surface area contributed by atoms with Crippen molar-refractivity contribution in [2.45, 2.75) is 37.6 Å². The second kappa shape index (κ2) is 6.48. The van der Waals surface area contributed by atoms with Crippen molar-refractivity contribution in [3.8, 4) is 0 Å². The Kier molecular flexibility index (Phi) is 4.45. The molecule has 0 radical (unpaired) electrons. The van der Waals surface area contributed by atoms with Crippen LogP contribution in [0.1, 0.15) is 37.2 Å². The van der Waals surface area contributed by atoms with E-state index in [9.17, 15) is 4.39 Å². The zero-order valence-electron chi connectivity index (χ0n) is 11.9. The number of anilines is 1. The summed E-state index contributed by atoms with van der Waals surface area (Å²) in [5, 5.41) is 3.74. The van der Waals surface area contributed by atoms with Gasteiger partial charge in [-0.15, -0.1) is 0 Å². The molecule has 0 aliphatic heterocycles. The van der Waals surface area contributed by atoms with Gasteiger partial charge in [0.2, 0.25) is 0 Å². The molecule has 1 aliphatic carbocycles. The topological polar surface area (TPSA) is 12.0 Å². The standard InChI is InChI=1S/C18H19ClFN/c19-16-7-4-8-17(20)18(16)21-15-11-9-14(10-12-15)13-5-2-1-3-6-13/h1-8,14-15,21H,9-12H2. The van der Waals surface area contributed by atoms with Crippen LogP contribution in [0.5, 0.6) is 0 Å². The number of para-hydroxylation sites is 1. The van der Waals surface area contributed by atoms with Crippen molar-refractivity contribution < 1.29 is 4.39 Å². The molecule has 0 unspecified atom stereocenters. The third kappa shape index (κ3) is 3.38. The Hall–Kier alpha value is -1.54. The van der Waals surface area contributed by atoms with E-state index in [-0.39, 0.29) is 5.82 Å². The first kappa shape index (κ1) is 14.4. The highest BCUT2D eigenvalue weighted by Crippen LogP contribution is 2.35. The molecule has 0 spiro atoms. The van der Waals surface area contributed by atoms with E-state index in [4.69, 9.17) is 11.6 Å². The summed E-state index contributed by atoms with van der Waals surface area (Å²) in [6.45, 7) is 0. The van der Waals surface area contributed by atoms with Gasteiger partial charge in [0.05, 0.1) is 10.7 Å². The van der Waals surface area contributed by atoms with E-state index in [1.54, 1.807) is 12.1 Å². The molecule has 0 bridgehead atoms. The van der Waals surface area contributed by atoms with Gasteiger partial charge in [0.25, 0.3) is 0 Å². The average molecular weight is 304 g/mol. The second-order valence-electron chi connectivity index (χ2n) is 5.70. The Bertz CT molecular complexity index is 571. The molecule has 21 heavy (non-hydrogen) atoms. The maximum absolute atomic E-state index is 13.8. The van der Waals surface area contributed by atoms with Crippen LogP contribution < -0.4 is 5.32 Å². The molecule has 0 atom stereocenters. The quantitative estimate of drug-likeness (QED) is 0.776. The summed E-state index contributed by atoms with van der Waals surface area (Å²) >= 11 is 6.07. The fourth-order valence-corrected chi connectivity index (χ4v) is 3.35. The van der Waals surface area contributed by atoms with Crippen LogP contribution in [0.2, 0.25) is 5.02 Å². The van der Waals surface area contributed by atoms with E-state index in [2.05, 4.69) is 35.6 Å². The van der Waals surface area contributed by atoms with Crippen molar-refractivity contribution in [2.24, 2.45) is 0 Å². The molecule has 0 amide bonds. The van der Waals surface area contributed by atoms with Gasteiger partial charge in [0.15, 0.2) is 0 Å². The van der Waals surface area contributed by atoms with E-state index in [0.717, 1.165) is 25.7 Å². The minimum Gasteiger partial charge on any atom is -0.379 e. The highest BCUT2D eigenvalue weighted by molar-refractivity contribution is 6.33. The van der Waals surface area contributed by atoms with E-state index >= 15 is 0 Å². The summed E-state index contributed by atoms with van der Waals surface area (Å²) in [6, 6.07) is 15.8. The van der Waals surface area contributed by atoms with Gasteiger partial charge in [-0.3, -0.25) is 0 Å². The lowest BCUT2D eigenvalue weighted by molar-refractivity contribution is 0.411. The molecule has 1 N–H and O–H groups in total. The summed E-state index contributed by atoms with van der Waals surface area (Å²) in [5.74, 6) is 0.355. The molecule has 2 aromatic carbocycles. The van der Waals surface area contributed by atoms with Crippen molar-refractivity contribution in [3.05, 3.63) is 64.9 Å². The van der Waals surface area contributed by atoms with E-state index in [0.29, 0.717) is 22.7 Å². The predicted octanol–water partition coefficient (Wildman–Crippen LogP) is 5.62. The summed E-state index contributed by atoms with van der Waals surface area (Å²) in [7, 11) is 0. The summed E-state index contributed by atoms with van der Waals surface area (Å²) < 4.78 is 13.8. The minimum absolute atomic E-state index is 0.271. The highest BCUT2D eigenvalue weighted by Gasteiger charge is 2.23. The smallest absolute Gasteiger partial charge is 0.147 e. The number of rotatable bonds is 3. The third-order valence-electron chi connectivity index (χ3n) is 4.31. The third-order valence-corrected chi connectivity index (χ3v) is 4.62. The zero-order chi connectivity index (χ0) is 14.7. The van der Waals surface area contributed by atoms with Crippen LogP contribution in [-0.2, 0) is 0 Å². The Morgan fingerprint density at radius 1 is 0.905 bits per heavy atom. The SMILES string of the molecule is Fc1cccc(Cl)c1NC1CCC(c2ccccc2)CC1. The maximum Gasteiger partial charge on any atom is 0.147 e. The molecular weight excluding hydrogens is 285 g/mol. The number of hydrogen-bond acceptors (Lipinski definition) is 1. The molecule has 110 valence electrons. The number of hydrogen-bond donors (Lipinski definition) is 1. The molecule has 3 heteroatoms. The maximum atomic E-state index is 13.8. The normalized spacial score (nSPS) is 22.0. The predicted molar refractivity (Wildman–Crippen MR) is 86.5 cm³/mol. The van der Waals surface area contributed by atoms with Gasteiger partial charge in [-0.05, 0) is 49.3 Å². The van der Waals surface area contributed by atoms with E-state index in [1.165, 1.54) is 11.6 Å². The lowest BCUT2D eigenvalue weighted by Crippen LogP contribution is -2.26. The first-order valence-electron chi connectivity index (χ1n) is 7.49. The first-order valence-corrected chi connectivity index (χ1v) is 7.87. The fourth-order valence-electron chi connectivity index (χ4n) is 3.14. The molecule has 1 aliphatic rings. The number of benzene rings is 2. The van der Waals surface area contributed by atoms with Gasteiger partial charge < -0.3 is 5.32 Å². The van der Waals surface area contributed by atoms with Gasteiger partial charge in [0.1, 0.15) is 5.82 Å². The lowest BCUT2D eigenvalue weighted by Gasteiger charge is -2.30. The summed E-state index contributed by atoms with van der Waals surface area (Å²) in [5.41, 5.74) is 1.86. The fraction of sp³-hybridized carbons (Fsp3) is 0.333. The van der Waals surface area contributed by atoms with Crippen LogP contribution in [0.25, 0.3) is 0 Å². The zero-order valence-corrected chi connectivity index (χ0v) is 12.6. The van der Waals surface area contributed by atoms with Crippen molar-refractivity contribution in [1.82, 2.24) is 0 Å². The van der Waals surface area contributed by atoms with Crippen LogP contribution in [-0.4, -0.2) is 6.04 Å². The summed E-state index contributed by atoms with van der Waals surface area (Å²) in [6.07, 6.45) is 4.36. The van der Waals surface area contributed by atoms with Gasteiger partial charge in [-0.25, -0.2) is 4.39 Å². The van der Waals surface area contributed by atoms with Crippen LogP contribution in [0.3, 0.4) is 0 Å². The van der Waals surface area contributed by atoms with Crippen LogP contribution in [0.15, 0.2) is 48.5 Å². The Balaban J connectivity index is 1.62. The van der Waals surface area contributed by atoms with Gasteiger partial charge >= 0.3 is 0 Å². The first-order chi connectivity index (χ1) is 10.2. The monoisotopic (exact) mass is 303 g/mol.